The highest BCUT2D eigenvalue weighted by molar-refractivity contribution is 5.06. The van der Waals surface area contributed by atoms with Gasteiger partial charge in [-0.15, -0.1) is 0 Å². The summed E-state index contributed by atoms with van der Waals surface area (Å²) in [6.07, 6.45) is 4.72. The van der Waals surface area contributed by atoms with Gasteiger partial charge in [0.1, 0.15) is 0 Å². The summed E-state index contributed by atoms with van der Waals surface area (Å²) >= 11 is 0. The highest BCUT2D eigenvalue weighted by Crippen LogP contribution is 2.11. The van der Waals surface area contributed by atoms with E-state index in [1.165, 1.54) is 0 Å². The molecule has 0 aliphatic heterocycles. The second kappa shape index (κ2) is 6.55. The van der Waals surface area contributed by atoms with E-state index in [0.29, 0.717) is 13.1 Å². The summed E-state index contributed by atoms with van der Waals surface area (Å²) in [6, 6.07) is 0.0752. The van der Waals surface area contributed by atoms with E-state index in [9.17, 15) is 0 Å². The zero-order valence-electron chi connectivity index (χ0n) is 9.19. The van der Waals surface area contributed by atoms with E-state index in [1.807, 2.05) is 12.5 Å². The second-order valence-electron chi connectivity index (χ2n) is 3.48. The predicted octanol–water partition coefficient (Wildman–Crippen LogP) is -0.125. The average Bonchev–Trinajstić information content (AvgIpc) is 2.68. The molecule has 1 rings (SSSR count). The van der Waals surface area contributed by atoms with Gasteiger partial charge in [0, 0.05) is 25.8 Å². The lowest BCUT2D eigenvalue weighted by molar-refractivity contribution is 0.283. The van der Waals surface area contributed by atoms with Gasteiger partial charge in [0.2, 0.25) is 0 Å². The molecule has 0 amide bonds. The molecule has 15 heavy (non-hydrogen) atoms. The van der Waals surface area contributed by atoms with Crippen LogP contribution in [0.5, 0.6) is 0 Å². The number of nitrogens with two attached hydrogens (primary N) is 1. The fourth-order valence-corrected chi connectivity index (χ4v) is 1.60. The molecule has 1 aromatic rings. The SMILES string of the molecule is CCCn1cncc1C(CN)NCCO. The number of nitrogens with zero attached hydrogens (tertiary/aromatic N) is 2. The van der Waals surface area contributed by atoms with Crippen LogP contribution >= 0.6 is 0 Å². The molecule has 86 valence electrons. The van der Waals surface area contributed by atoms with E-state index in [1.54, 1.807) is 0 Å². The van der Waals surface area contributed by atoms with Crippen molar-refractivity contribution in [3.63, 3.8) is 0 Å². The Morgan fingerprint density at radius 2 is 2.47 bits per heavy atom. The number of aliphatic hydroxyl groups is 1. The number of aryl methyl sites for hydroxylation is 1. The molecular weight excluding hydrogens is 192 g/mol. The van der Waals surface area contributed by atoms with Crippen LogP contribution in [0.2, 0.25) is 0 Å². The third-order valence-electron chi connectivity index (χ3n) is 2.30. The summed E-state index contributed by atoms with van der Waals surface area (Å²) in [7, 11) is 0. The lowest BCUT2D eigenvalue weighted by Crippen LogP contribution is -2.32. The Hall–Kier alpha value is -0.910. The normalized spacial score (nSPS) is 13.0. The molecule has 0 saturated carbocycles. The highest BCUT2D eigenvalue weighted by atomic mass is 16.3. The minimum Gasteiger partial charge on any atom is -0.395 e. The van der Waals surface area contributed by atoms with Crippen LogP contribution in [0.25, 0.3) is 0 Å². The largest absolute Gasteiger partial charge is 0.395 e. The Kier molecular flexibility index (Phi) is 5.31. The maximum atomic E-state index is 8.76. The first-order valence-corrected chi connectivity index (χ1v) is 5.37. The van der Waals surface area contributed by atoms with Gasteiger partial charge in [-0.2, -0.15) is 0 Å². The number of aliphatic hydroxyl groups excluding tert-OH is 1. The van der Waals surface area contributed by atoms with Crippen LogP contribution < -0.4 is 11.1 Å². The summed E-state index contributed by atoms with van der Waals surface area (Å²) in [5.41, 5.74) is 6.78. The first-order valence-electron chi connectivity index (χ1n) is 5.37. The van der Waals surface area contributed by atoms with Crippen molar-refractivity contribution in [2.75, 3.05) is 19.7 Å². The first kappa shape index (κ1) is 12.2. The van der Waals surface area contributed by atoms with Gasteiger partial charge >= 0.3 is 0 Å². The van der Waals surface area contributed by atoms with Crippen molar-refractivity contribution >= 4 is 0 Å². The minimum atomic E-state index is 0.0752. The molecule has 5 heteroatoms. The van der Waals surface area contributed by atoms with E-state index in [0.717, 1.165) is 18.7 Å². The van der Waals surface area contributed by atoms with Crippen molar-refractivity contribution < 1.29 is 5.11 Å². The quantitative estimate of drug-likeness (QED) is 0.589. The van der Waals surface area contributed by atoms with E-state index < -0.39 is 0 Å². The van der Waals surface area contributed by atoms with E-state index >= 15 is 0 Å². The molecule has 0 bridgehead atoms. The average molecular weight is 212 g/mol. The summed E-state index contributed by atoms with van der Waals surface area (Å²) in [6.45, 7) is 4.27. The van der Waals surface area contributed by atoms with Gasteiger partial charge in [0.15, 0.2) is 0 Å². The van der Waals surface area contributed by atoms with E-state index in [-0.39, 0.29) is 12.6 Å². The van der Waals surface area contributed by atoms with Gasteiger partial charge in [-0.05, 0) is 6.42 Å². The Balaban J connectivity index is 2.67. The monoisotopic (exact) mass is 212 g/mol. The summed E-state index contributed by atoms with van der Waals surface area (Å²) < 4.78 is 2.10. The maximum absolute atomic E-state index is 8.76. The maximum Gasteiger partial charge on any atom is 0.0948 e. The molecule has 1 unspecified atom stereocenters. The van der Waals surface area contributed by atoms with Crippen molar-refractivity contribution in [2.24, 2.45) is 5.73 Å². The molecule has 4 N–H and O–H groups in total. The molecule has 0 saturated heterocycles. The summed E-state index contributed by atoms with van der Waals surface area (Å²) in [5, 5.41) is 11.9. The molecule has 0 fully saturated rings. The number of imidazole rings is 1. The third kappa shape index (κ3) is 3.30. The van der Waals surface area contributed by atoms with Crippen molar-refractivity contribution in [1.29, 1.82) is 0 Å². The number of aromatic nitrogens is 2. The minimum absolute atomic E-state index is 0.0752. The van der Waals surface area contributed by atoms with E-state index in [4.69, 9.17) is 10.8 Å². The number of nitrogens with one attached hydrogen (secondary N) is 1. The van der Waals surface area contributed by atoms with Crippen LogP contribution in [-0.2, 0) is 6.54 Å². The van der Waals surface area contributed by atoms with E-state index in [2.05, 4.69) is 21.8 Å². The zero-order chi connectivity index (χ0) is 11.1. The Labute approximate surface area is 90.3 Å². The molecule has 5 nitrogen and oxygen atoms in total. The molecule has 0 spiro atoms. The lowest BCUT2D eigenvalue weighted by atomic mass is 10.2. The van der Waals surface area contributed by atoms with Gasteiger partial charge in [-0.25, -0.2) is 4.98 Å². The fraction of sp³-hybridized carbons (Fsp3) is 0.700. The number of hydrogen-bond acceptors (Lipinski definition) is 4. The van der Waals surface area contributed by atoms with Gasteiger partial charge < -0.3 is 20.7 Å². The Morgan fingerprint density at radius 3 is 3.07 bits per heavy atom. The smallest absolute Gasteiger partial charge is 0.0948 e. The molecule has 0 aliphatic rings. The Morgan fingerprint density at radius 1 is 1.67 bits per heavy atom. The van der Waals surface area contributed by atoms with Crippen LogP contribution in [0.1, 0.15) is 25.1 Å². The van der Waals surface area contributed by atoms with Crippen LogP contribution in [0.15, 0.2) is 12.5 Å². The standard InChI is InChI=1S/C10H20N4O/c1-2-4-14-8-12-7-10(14)9(6-11)13-3-5-15/h7-9,13,15H,2-6,11H2,1H3. The predicted molar refractivity (Wildman–Crippen MR) is 59.4 cm³/mol. The second-order valence-corrected chi connectivity index (χ2v) is 3.48. The summed E-state index contributed by atoms with van der Waals surface area (Å²) in [5.74, 6) is 0. The van der Waals surface area contributed by atoms with Crippen molar-refractivity contribution in [3.05, 3.63) is 18.2 Å². The van der Waals surface area contributed by atoms with Gasteiger partial charge in [0.05, 0.1) is 24.7 Å². The lowest BCUT2D eigenvalue weighted by Gasteiger charge is -2.17. The zero-order valence-corrected chi connectivity index (χ0v) is 9.19. The van der Waals surface area contributed by atoms with Crippen molar-refractivity contribution in [2.45, 2.75) is 25.9 Å². The van der Waals surface area contributed by atoms with Gasteiger partial charge in [-0.3, -0.25) is 0 Å². The number of rotatable bonds is 7. The topological polar surface area (TPSA) is 76.1 Å². The molecule has 0 radical (unpaired) electrons. The Bertz CT molecular complexity index is 274. The first-order chi connectivity index (χ1) is 7.33. The van der Waals surface area contributed by atoms with Gasteiger partial charge in [-0.1, -0.05) is 6.92 Å². The fourth-order valence-electron chi connectivity index (χ4n) is 1.60. The molecule has 1 atom stereocenters. The van der Waals surface area contributed by atoms with Crippen molar-refractivity contribution in [1.82, 2.24) is 14.9 Å². The molecule has 0 aliphatic carbocycles. The van der Waals surface area contributed by atoms with Crippen LogP contribution in [-0.4, -0.2) is 34.4 Å². The molecule has 1 aromatic heterocycles. The summed E-state index contributed by atoms with van der Waals surface area (Å²) in [4.78, 5) is 4.12. The van der Waals surface area contributed by atoms with Crippen LogP contribution in [0.3, 0.4) is 0 Å². The van der Waals surface area contributed by atoms with Gasteiger partial charge in [0.25, 0.3) is 0 Å². The third-order valence-corrected chi connectivity index (χ3v) is 2.30. The van der Waals surface area contributed by atoms with Crippen LogP contribution in [0, 0.1) is 0 Å². The molecule has 1 heterocycles. The van der Waals surface area contributed by atoms with Crippen LogP contribution in [0.4, 0.5) is 0 Å². The number of hydrogen-bond donors (Lipinski definition) is 3. The molecular formula is C10H20N4O. The highest BCUT2D eigenvalue weighted by Gasteiger charge is 2.12. The molecule has 0 aromatic carbocycles. The van der Waals surface area contributed by atoms with Crippen molar-refractivity contribution in [3.8, 4) is 0 Å².